The van der Waals surface area contributed by atoms with Crippen LogP contribution in [0, 0.1) is 11.8 Å². The Labute approximate surface area is 201 Å². The number of aliphatic carboxylic acids is 1. The Morgan fingerprint density at radius 2 is 1.53 bits per heavy atom. The Bertz CT molecular complexity index is 979. The Balaban J connectivity index is 1.66. The number of carbonyl (C=O) groups excluding carboxylic acids is 2. The summed E-state index contributed by atoms with van der Waals surface area (Å²) >= 11 is 0. The van der Waals surface area contributed by atoms with E-state index in [9.17, 15) is 19.5 Å². The van der Waals surface area contributed by atoms with Gasteiger partial charge in [-0.15, -0.1) is 0 Å². The number of amides is 1. The van der Waals surface area contributed by atoms with E-state index in [0.29, 0.717) is 5.69 Å². The topological polar surface area (TPSA) is 95.9 Å². The molecule has 3 rings (SSSR count). The van der Waals surface area contributed by atoms with Crippen molar-refractivity contribution in [3.05, 3.63) is 65.2 Å². The molecule has 0 bridgehead atoms. The van der Waals surface area contributed by atoms with Crippen molar-refractivity contribution in [3.63, 3.8) is 0 Å². The Kier molecular flexibility index (Phi) is 8.96. The Morgan fingerprint density at radius 1 is 0.971 bits per heavy atom. The number of rotatable bonds is 10. The van der Waals surface area contributed by atoms with Gasteiger partial charge in [0.05, 0.1) is 25.0 Å². The third-order valence-corrected chi connectivity index (χ3v) is 6.28. The molecule has 1 aliphatic rings. The summed E-state index contributed by atoms with van der Waals surface area (Å²) < 4.78 is 5.40. The van der Waals surface area contributed by atoms with Crippen LogP contribution in [0.15, 0.2) is 48.5 Å². The zero-order valence-electron chi connectivity index (χ0n) is 20.1. The lowest BCUT2D eigenvalue weighted by atomic mass is 9.87. The van der Waals surface area contributed by atoms with E-state index in [4.69, 9.17) is 4.74 Å². The molecular weight excluding hydrogens is 432 g/mol. The monoisotopic (exact) mass is 466 g/mol. The van der Waals surface area contributed by atoms with Gasteiger partial charge in [-0.1, -0.05) is 50.2 Å². The average molecular weight is 467 g/mol. The molecule has 182 valence electrons. The van der Waals surface area contributed by atoms with E-state index < -0.39 is 11.9 Å². The lowest BCUT2D eigenvalue weighted by Crippen LogP contribution is -2.35. The van der Waals surface area contributed by atoms with Gasteiger partial charge in [-0.3, -0.25) is 19.3 Å². The fourth-order valence-corrected chi connectivity index (χ4v) is 4.27. The molecular formula is C27H34N2O5. The number of Topliss-reactive ketones (excluding diaryl/α,β-unsaturated/α-hetero) is 1. The van der Waals surface area contributed by atoms with Crippen molar-refractivity contribution < 1.29 is 24.2 Å². The van der Waals surface area contributed by atoms with E-state index in [0.717, 1.165) is 44.0 Å². The van der Waals surface area contributed by atoms with Crippen LogP contribution < -0.4 is 5.32 Å². The number of nitrogens with zero attached hydrogens (tertiary/aromatic N) is 1. The van der Waals surface area contributed by atoms with Gasteiger partial charge in [0, 0.05) is 31.7 Å². The molecule has 0 spiro atoms. The number of ether oxygens (including phenoxy) is 1. The highest BCUT2D eigenvalue weighted by Crippen LogP contribution is 2.28. The maximum Gasteiger partial charge on any atom is 0.307 e. The molecule has 7 heteroatoms. The van der Waals surface area contributed by atoms with Crippen molar-refractivity contribution in [3.8, 4) is 0 Å². The second-order valence-corrected chi connectivity index (χ2v) is 9.24. The summed E-state index contributed by atoms with van der Waals surface area (Å²) in [5, 5.41) is 12.1. The number of carbonyl (C=O) groups is 3. The third-order valence-electron chi connectivity index (χ3n) is 6.28. The highest BCUT2D eigenvalue weighted by atomic mass is 16.5. The maximum absolute atomic E-state index is 12.5. The van der Waals surface area contributed by atoms with Crippen LogP contribution in [0.1, 0.15) is 49.8 Å². The van der Waals surface area contributed by atoms with Crippen LogP contribution in [0.2, 0.25) is 0 Å². The minimum absolute atomic E-state index is 0.0407. The normalized spacial score (nSPS) is 16.1. The van der Waals surface area contributed by atoms with Gasteiger partial charge in [0.25, 0.3) is 0 Å². The molecule has 7 nitrogen and oxygen atoms in total. The Morgan fingerprint density at radius 3 is 2.03 bits per heavy atom. The number of hydrogen-bond donors (Lipinski definition) is 2. The molecule has 2 unspecified atom stereocenters. The summed E-state index contributed by atoms with van der Waals surface area (Å²) in [5.41, 5.74) is 3.55. The lowest BCUT2D eigenvalue weighted by Gasteiger charge is -2.26. The van der Waals surface area contributed by atoms with Gasteiger partial charge in [0.2, 0.25) is 5.91 Å². The molecule has 0 aliphatic carbocycles. The van der Waals surface area contributed by atoms with Crippen LogP contribution in [0.5, 0.6) is 0 Å². The summed E-state index contributed by atoms with van der Waals surface area (Å²) in [6.45, 7) is 9.40. The van der Waals surface area contributed by atoms with Crippen molar-refractivity contribution in [2.24, 2.45) is 11.8 Å². The zero-order valence-corrected chi connectivity index (χ0v) is 20.1. The van der Waals surface area contributed by atoms with Crippen molar-refractivity contribution >= 4 is 23.3 Å². The van der Waals surface area contributed by atoms with Gasteiger partial charge in [-0.05, 0) is 41.7 Å². The second-order valence-electron chi connectivity index (χ2n) is 9.24. The van der Waals surface area contributed by atoms with Crippen LogP contribution >= 0.6 is 0 Å². The summed E-state index contributed by atoms with van der Waals surface area (Å²) in [6, 6.07) is 15.3. The average Bonchev–Trinajstić information content (AvgIpc) is 2.80. The molecule has 0 saturated carbocycles. The molecule has 1 amide bonds. The summed E-state index contributed by atoms with van der Waals surface area (Å²) in [7, 11) is 0. The molecule has 1 fully saturated rings. The Hall–Kier alpha value is -3.03. The van der Waals surface area contributed by atoms with E-state index in [-0.39, 0.29) is 29.9 Å². The number of benzene rings is 2. The minimum Gasteiger partial charge on any atom is -0.481 e. The molecule has 1 heterocycles. The number of carboxylic acid groups (broad SMARTS) is 1. The number of hydrogen-bond acceptors (Lipinski definition) is 5. The zero-order chi connectivity index (χ0) is 24.7. The van der Waals surface area contributed by atoms with Crippen molar-refractivity contribution in [2.45, 2.75) is 39.7 Å². The number of carboxylic acids is 1. The van der Waals surface area contributed by atoms with Crippen LogP contribution in [-0.4, -0.2) is 54.0 Å². The van der Waals surface area contributed by atoms with Gasteiger partial charge in [-0.2, -0.15) is 0 Å². The maximum atomic E-state index is 12.5. The first-order valence-electron chi connectivity index (χ1n) is 11.8. The third kappa shape index (κ3) is 6.98. The molecule has 34 heavy (non-hydrogen) atoms. The number of anilines is 1. The van der Waals surface area contributed by atoms with Crippen LogP contribution in [0.4, 0.5) is 5.69 Å². The molecule has 1 aliphatic heterocycles. The van der Waals surface area contributed by atoms with E-state index in [1.807, 2.05) is 24.3 Å². The summed E-state index contributed by atoms with van der Waals surface area (Å²) in [4.78, 5) is 38.5. The highest BCUT2D eigenvalue weighted by Gasteiger charge is 2.25. The largest absolute Gasteiger partial charge is 0.481 e. The van der Waals surface area contributed by atoms with Crippen LogP contribution in [0.3, 0.4) is 0 Å². The fraction of sp³-hybridized carbons (Fsp3) is 0.444. The van der Waals surface area contributed by atoms with E-state index >= 15 is 0 Å². The highest BCUT2D eigenvalue weighted by molar-refractivity contribution is 5.93. The van der Waals surface area contributed by atoms with Crippen molar-refractivity contribution in [1.82, 2.24) is 4.90 Å². The predicted octanol–water partition coefficient (Wildman–Crippen LogP) is 3.93. The summed E-state index contributed by atoms with van der Waals surface area (Å²) in [6.07, 6.45) is -0.0817. The van der Waals surface area contributed by atoms with Gasteiger partial charge in [0.15, 0.2) is 0 Å². The smallest absolute Gasteiger partial charge is 0.307 e. The number of morpholine rings is 1. The molecule has 0 aromatic heterocycles. The first kappa shape index (κ1) is 25.6. The van der Waals surface area contributed by atoms with Gasteiger partial charge in [0.1, 0.15) is 5.78 Å². The van der Waals surface area contributed by atoms with E-state index in [1.54, 1.807) is 32.9 Å². The SMILES string of the molecule is CC(=O)C(c1ccc(CN2CCOCC2)cc1)c1ccc(NC(=O)CC(C(=O)O)C(C)C)cc1. The molecule has 1 saturated heterocycles. The van der Waals surface area contributed by atoms with E-state index in [1.165, 1.54) is 5.56 Å². The first-order valence-corrected chi connectivity index (χ1v) is 11.8. The molecule has 0 radical (unpaired) electrons. The fourth-order valence-electron chi connectivity index (χ4n) is 4.27. The molecule has 2 aromatic carbocycles. The first-order chi connectivity index (χ1) is 16.2. The number of ketones is 1. The van der Waals surface area contributed by atoms with Crippen molar-refractivity contribution in [1.29, 1.82) is 0 Å². The van der Waals surface area contributed by atoms with Gasteiger partial charge < -0.3 is 15.2 Å². The lowest BCUT2D eigenvalue weighted by molar-refractivity contribution is -0.145. The van der Waals surface area contributed by atoms with Gasteiger partial charge >= 0.3 is 5.97 Å². The van der Waals surface area contributed by atoms with E-state index in [2.05, 4.69) is 22.3 Å². The molecule has 2 N–H and O–H groups in total. The quantitative estimate of drug-likeness (QED) is 0.551. The standard InChI is InChI=1S/C27H34N2O5/c1-18(2)24(27(32)33)16-25(31)28-23-10-8-22(9-11-23)26(19(3)30)21-6-4-20(5-7-21)17-29-12-14-34-15-13-29/h4-11,18,24,26H,12-17H2,1-3H3,(H,28,31)(H,32,33). The van der Waals surface area contributed by atoms with Crippen molar-refractivity contribution in [2.75, 3.05) is 31.6 Å². The second kappa shape index (κ2) is 11.9. The van der Waals surface area contributed by atoms with Crippen LogP contribution in [-0.2, 0) is 25.7 Å². The predicted molar refractivity (Wildman–Crippen MR) is 131 cm³/mol. The number of nitrogens with one attached hydrogen (secondary N) is 1. The molecule has 2 atom stereocenters. The minimum atomic E-state index is -0.972. The van der Waals surface area contributed by atoms with Crippen LogP contribution in [0.25, 0.3) is 0 Å². The van der Waals surface area contributed by atoms with Gasteiger partial charge in [-0.25, -0.2) is 0 Å². The molecule has 2 aromatic rings. The summed E-state index contributed by atoms with van der Waals surface area (Å²) in [5.74, 6) is -2.53.